The Bertz CT molecular complexity index is 333. The molecule has 1 heterocycles. The Morgan fingerprint density at radius 2 is 2.31 bits per heavy atom. The summed E-state index contributed by atoms with van der Waals surface area (Å²) >= 11 is 1.40. The van der Waals surface area contributed by atoms with Crippen LogP contribution >= 0.6 is 11.3 Å². The van der Waals surface area contributed by atoms with Crippen LogP contribution < -0.4 is 9.44 Å². The van der Waals surface area contributed by atoms with Gasteiger partial charge in [0.25, 0.3) is 10.2 Å². The van der Waals surface area contributed by atoms with Crippen molar-refractivity contribution in [1.82, 2.24) is 4.72 Å². The molecule has 13 heavy (non-hydrogen) atoms. The highest BCUT2D eigenvalue weighted by molar-refractivity contribution is 7.90. The SMILES string of the molecule is O=S(=O)(NCCO)Nc1ccsc1. The summed E-state index contributed by atoms with van der Waals surface area (Å²) in [7, 11) is -3.52. The van der Waals surface area contributed by atoms with Gasteiger partial charge in [0.05, 0.1) is 12.3 Å². The van der Waals surface area contributed by atoms with Gasteiger partial charge >= 0.3 is 0 Å². The summed E-state index contributed by atoms with van der Waals surface area (Å²) < 4.78 is 26.7. The number of thiophene rings is 1. The van der Waals surface area contributed by atoms with Crippen LogP contribution in [0.5, 0.6) is 0 Å². The highest BCUT2D eigenvalue weighted by Crippen LogP contribution is 2.12. The van der Waals surface area contributed by atoms with Gasteiger partial charge in [-0.3, -0.25) is 4.72 Å². The van der Waals surface area contributed by atoms with Crippen LogP contribution in [0.4, 0.5) is 5.69 Å². The molecule has 7 heteroatoms. The van der Waals surface area contributed by atoms with E-state index in [-0.39, 0.29) is 13.2 Å². The predicted molar refractivity (Wildman–Crippen MR) is 52.0 cm³/mol. The van der Waals surface area contributed by atoms with Crippen LogP contribution in [0.2, 0.25) is 0 Å². The largest absolute Gasteiger partial charge is 0.395 e. The average Bonchev–Trinajstić information content (AvgIpc) is 2.52. The van der Waals surface area contributed by atoms with Crippen molar-refractivity contribution in [2.24, 2.45) is 0 Å². The first-order valence-electron chi connectivity index (χ1n) is 3.54. The van der Waals surface area contributed by atoms with E-state index < -0.39 is 10.2 Å². The number of aliphatic hydroxyl groups excluding tert-OH is 1. The second kappa shape index (κ2) is 4.56. The lowest BCUT2D eigenvalue weighted by Crippen LogP contribution is -2.32. The molecule has 0 aliphatic heterocycles. The molecule has 1 rings (SSSR count). The molecule has 0 unspecified atom stereocenters. The van der Waals surface area contributed by atoms with E-state index in [9.17, 15) is 8.42 Å². The number of nitrogens with one attached hydrogen (secondary N) is 2. The van der Waals surface area contributed by atoms with Gasteiger partial charge in [0.1, 0.15) is 0 Å². The first-order chi connectivity index (χ1) is 6.14. The number of rotatable bonds is 5. The minimum atomic E-state index is -3.52. The summed E-state index contributed by atoms with van der Waals surface area (Å²) in [5.41, 5.74) is 0.524. The van der Waals surface area contributed by atoms with Crippen molar-refractivity contribution in [2.45, 2.75) is 0 Å². The Morgan fingerprint density at radius 3 is 2.85 bits per heavy atom. The molecule has 3 N–H and O–H groups in total. The Kier molecular flexibility index (Phi) is 3.67. The third kappa shape index (κ3) is 3.73. The van der Waals surface area contributed by atoms with Crippen molar-refractivity contribution in [3.63, 3.8) is 0 Å². The minimum absolute atomic E-state index is 0.0134. The van der Waals surface area contributed by atoms with Gasteiger partial charge in [0.15, 0.2) is 0 Å². The van der Waals surface area contributed by atoms with Crippen molar-refractivity contribution in [2.75, 3.05) is 17.9 Å². The third-order valence-corrected chi connectivity index (χ3v) is 2.95. The van der Waals surface area contributed by atoms with E-state index in [0.717, 1.165) is 0 Å². The highest BCUT2D eigenvalue weighted by Gasteiger charge is 2.07. The van der Waals surface area contributed by atoms with Crippen LogP contribution in [0.3, 0.4) is 0 Å². The Labute approximate surface area is 80.6 Å². The molecule has 0 radical (unpaired) electrons. The van der Waals surface area contributed by atoms with Gasteiger partial charge in [-0.25, -0.2) is 0 Å². The van der Waals surface area contributed by atoms with Crippen molar-refractivity contribution in [3.8, 4) is 0 Å². The van der Waals surface area contributed by atoms with Crippen LogP contribution in [0.1, 0.15) is 0 Å². The molecule has 0 saturated carbocycles. The van der Waals surface area contributed by atoms with Crippen LogP contribution in [-0.2, 0) is 10.2 Å². The molecule has 0 spiro atoms. The maximum Gasteiger partial charge on any atom is 0.299 e. The summed E-state index contributed by atoms with van der Waals surface area (Å²) in [6.07, 6.45) is 0. The van der Waals surface area contributed by atoms with Crippen molar-refractivity contribution in [1.29, 1.82) is 0 Å². The van der Waals surface area contributed by atoms with E-state index in [0.29, 0.717) is 5.69 Å². The normalized spacial score (nSPS) is 11.5. The average molecular weight is 222 g/mol. The summed E-state index contributed by atoms with van der Waals surface area (Å²) in [5.74, 6) is 0. The summed E-state index contributed by atoms with van der Waals surface area (Å²) in [6, 6.07) is 1.66. The van der Waals surface area contributed by atoms with Gasteiger partial charge in [0.2, 0.25) is 0 Å². The molecule has 0 saturated heterocycles. The molecular weight excluding hydrogens is 212 g/mol. The van der Waals surface area contributed by atoms with E-state index >= 15 is 0 Å². The zero-order chi connectivity index (χ0) is 9.73. The zero-order valence-corrected chi connectivity index (χ0v) is 8.36. The second-order valence-electron chi connectivity index (χ2n) is 2.24. The van der Waals surface area contributed by atoms with Gasteiger partial charge in [-0.05, 0) is 11.4 Å². The van der Waals surface area contributed by atoms with E-state index in [1.165, 1.54) is 11.3 Å². The number of hydrogen-bond donors (Lipinski definition) is 3. The monoisotopic (exact) mass is 222 g/mol. The zero-order valence-electron chi connectivity index (χ0n) is 6.73. The molecule has 0 fully saturated rings. The maximum atomic E-state index is 11.1. The van der Waals surface area contributed by atoms with Crippen molar-refractivity contribution in [3.05, 3.63) is 16.8 Å². The smallest absolute Gasteiger partial charge is 0.299 e. The van der Waals surface area contributed by atoms with Crippen LogP contribution in [-0.4, -0.2) is 26.7 Å². The van der Waals surface area contributed by atoms with Gasteiger partial charge < -0.3 is 5.11 Å². The van der Waals surface area contributed by atoms with Gasteiger partial charge in [-0.2, -0.15) is 24.5 Å². The van der Waals surface area contributed by atoms with Crippen molar-refractivity contribution < 1.29 is 13.5 Å². The maximum absolute atomic E-state index is 11.1. The molecule has 0 amide bonds. The highest BCUT2D eigenvalue weighted by atomic mass is 32.2. The molecular formula is C6H10N2O3S2. The van der Waals surface area contributed by atoms with Crippen LogP contribution in [0.25, 0.3) is 0 Å². The van der Waals surface area contributed by atoms with Crippen molar-refractivity contribution >= 4 is 27.2 Å². The quantitative estimate of drug-likeness (QED) is 0.655. The van der Waals surface area contributed by atoms with Gasteiger partial charge in [-0.1, -0.05) is 0 Å². The first kappa shape index (κ1) is 10.5. The van der Waals surface area contributed by atoms with Crippen LogP contribution in [0.15, 0.2) is 16.8 Å². The lowest BCUT2D eigenvalue weighted by atomic mass is 10.6. The number of aliphatic hydroxyl groups is 1. The van der Waals surface area contributed by atoms with E-state index in [1.54, 1.807) is 16.8 Å². The Balaban J connectivity index is 2.53. The topological polar surface area (TPSA) is 78.4 Å². The second-order valence-corrected chi connectivity index (χ2v) is 4.52. The van der Waals surface area contributed by atoms with Gasteiger partial charge in [0, 0.05) is 11.9 Å². The Hall–Kier alpha value is -0.630. The minimum Gasteiger partial charge on any atom is -0.395 e. The molecule has 0 aromatic carbocycles. The first-order valence-corrected chi connectivity index (χ1v) is 5.97. The fourth-order valence-electron chi connectivity index (χ4n) is 0.694. The van der Waals surface area contributed by atoms with E-state index in [2.05, 4.69) is 9.44 Å². The van der Waals surface area contributed by atoms with Gasteiger partial charge in [-0.15, -0.1) is 0 Å². The Morgan fingerprint density at radius 1 is 1.54 bits per heavy atom. The molecule has 0 atom stereocenters. The summed E-state index contributed by atoms with van der Waals surface area (Å²) in [4.78, 5) is 0. The van der Waals surface area contributed by atoms with Crippen LogP contribution in [0, 0.1) is 0 Å². The molecule has 74 valence electrons. The number of hydrogen-bond acceptors (Lipinski definition) is 4. The van der Waals surface area contributed by atoms with E-state index in [4.69, 9.17) is 5.11 Å². The fraction of sp³-hybridized carbons (Fsp3) is 0.333. The fourth-order valence-corrected chi connectivity index (χ4v) is 2.23. The standard InChI is InChI=1S/C6H10N2O3S2/c9-3-2-7-13(10,11)8-6-1-4-12-5-6/h1,4-5,7-9H,2-3H2. The number of anilines is 1. The summed E-state index contributed by atoms with van der Waals surface area (Å²) in [5, 5.41) is 11.8. The molecule has 0 bridgehead atoms. The lowest BCUT2D eigenvalue weighted by molar-refractivity contribution is 0.301. The molecule has 1 aromatic heterocycles. The lowest BCUT2D eigenvalue weighted by Gasteiger charge is -2.05. The molecule has 1 aromatic rings. The third-order valence-electron chi connectivity index (χ3n) is 1.18. The summed E-state index contributed by atoms with van der Waals surface area (Å²) in [6.45, 7) is -0.204. The molecule has 5 nitrogen and oxygen atoms in total. The molecule has 0 aliphatic rings. The van der Waals surface area contributed by atoms with E-state index in [1.807, 2.05) is 0 Å². The molecule has 0 aliphatic carbocycles. The predicted octanol–water partition coefficient (Wildman–Crippen LogP) is -0.0133.